The summed E-state index contributed by atoms with van der Waals surface area (Å²) in [5, 5.41) is 3.20. The number of hydrogen-bond acceptors (Lipinski definition) is 4. The van der Waals surface area contributed by atoms with Crippen molar-refractivity contribution in [2.45, 2.75) is 32.2 Å². The van der Waals surface area contributed by atoms with Gasteiger partial charge in [-0.2, -0.15) is 0 Å². The predicted molar refractivity (Wildman–Crippen MR) is 62.3 cm³/mol. The summed E-state index contributed by atoms with van der Waals surface area (Å²) >= 11 is 0. The van der Waals surface area contributed by atoms with E-state index in [4.69, 9.17) is 4.74 Å². The van der Waals surface area contributed by atoms with Crippen molar-refractivity contribution in [3.05, 3.63) is 0 Å². The largest absolute Gasteiger partial charge is 0.381 e. The standard InChI is InChI=1S/C12H20N2O3/c1-2-14-11(15)6-10(12(14)16)13-7-9-4-3-5-17-8-9/h9-10,13H,2-8H2,1H3. The number of hydrogen-bond donors (Lipinski definition) is 1. The number of amides is 2. The fourth-order valence-corrected chi connectivity index (χ4v) is 2.45. The van der Waals surface area contributed by atoms with E-state index in [0.29, 0.717) is 18.9 Å². The minimum Gasteiger partial charge on any atom is -0.381 e. The molecule has 0 aromatic carbocycles. The first-order valence-electron chi connectivity index (χ1n) is 6.37. The molecule has 0 aromatic rings. The Bertz CT molecular complexity index is 300. The second kappa shape index (κ2) is 5.60. The predicted octanol–water partition coefficient (Wildman–Crippen LogP) is 0.150. The maximum Gasteiger partial charge on any atom is 0.246 e. The summed E-state index contributed by atoms with van der Waals surface area (Å²) in [6.07, 6.45) is 2.53. The summed E-state index contributed by atoms with van der Waals surface area (Å²) in [6, 6.07) is -0.315. The molecule has 0 aromatic heterocycles. The Balaban J connectivity index is 1.79. The average molecular weight is 240 g/mol. The van der Waals surface area contributed by atoms with Crippen molar-refractivity contribution in [2.75, 3.05) is 26.3 Å². The van der Waals surface area contributed by atoms with E-state index in [2.05, 4.69) is 5.32 Å². The molecule has 1 N–H and O–H groups in total. The second-order valence-electron chi connectivity index (χ2n) is 4.72. The number of nitrogens with zero attached hydrogens (tertiary/aromatic N) is 1. The highest BCUT2D eigenvalue weighted by Gasteiger charge is 2.37. The summed E-state index contributed by atoms with van der Waals surface area (Å²) in [7, 11) is 0. The van der Waals surface area contributed by atoms with Crippen LogP contribution in [0.15, 0.2) is 0 Å². The van der Waals surface area contributed by atoms with Crippen molar-refractivity contribution in [1.82, 2.24) is 10.2 Å². The zero-order valence-corrected chi connectivity index (χ0v) is 10.3. The zero-order valence-electron chi connectivity index (χ0n) is 10.3. The van der Waals surface area contributed by atoms with Crippen LogP contribution in [0, 0.1) is 5.92 Å². The van der Waals surface area contributed by atoms with Crippen LogP contribution in [0.5, 0.6) is 0 Å². The number of rotatable bonds is 4. The van der Waals surface area contributed by atoms with E-state index >= 15 is 0 Å². The Labute approximate surface area is 101 Å². The highest BCUT2D eigenvalue weighted by molar-refractivity contribution is 6.05. The van der Waals surface area contributed by atoms with Crippen LogP contribution < -0.4 is 5.32 Å². The third kappa shape index (κ3) is 2.84. The average Bonchev–Trinajstić information content (AvgIpc) is 2.63. The van der Waals surface area contributed by atoms with E-state index < -0.39 is 0 Å². The van der Waals surface area contributed by atoms with Crippen LogP contribution in [0.3, 0.4) is 0 Å². The molecule has 96 valence electrons. The van der Waals surface area contributed by atoms with Gasteiger partial charge in [0.05, 0.1) is 19.1 Å². The second-order valence-corrected chi connectivity index (χ2v) is 4.72. The van der Waals surface area contributed by atoms with Gasteiger partial charge >= 0.3 is 0 Å². The molecular weight excluding hydrogens is 220 g/mol. The third-order valence-electron chi connectivity index (χ3n) is 3.47. The van der Waals surface area contributed by atoms with Gasteiger partial charge in [0.25, 0.3) is 0 Å². The molecule has 2 amide bonds. The van der Waals surface area contributed by atoms with Gasteiger partial charge in [-0.15, -0.1) is 0 Å². The van der Waals surface area contributed by atoms with Crippen LogP contribution in [0.1, 0.15) is 26.2 Å². The smallest absolute Gasteiger partial charge is 0.246 e. The van der Waals surface area contributed by atoms with Gasteiger partial charge in [-0.25, -0.2) is 0 Å². The van der Waals surface area contributed by atoms with Crippen LogP contribution in [-0.2, 0) is 14.3 Å². The lowest BCUT2D eigenvalue weighted by molar-refractivity contribution is -0.138. The fourth-order valence-electron chi connectivity index (χ4n) is 2.45. The van der Waals surface area contributed by atoms with Gasteiger partial charge in [0.15, 0.2) is 0 Å². The molecule has 2 aliphatic rings. The normalized spacial score (nSPS) is 30.1. The van der Waals surface area contributed by atoms with Crippen molar-refractivity contribution in [2.24, 2.45) is 5.92 Å². The Morgan fingerprint density at radius 2 is 2.29 bits per heavy atom. The number of likely N-dealkylation sites (N-methyl/N-ethyl adjacent to an activating group) is 1. The van der Waals surface area contributed by atoms with E-state index in [1.807, 2.05) is 6.92 Å². The molecule has 0 radical (unpaired) electrons. The van der Waals surface area contributed by atoms with Crippen molar-refractivity contribution < 1.29 is 14.3 Å². The van der Waals surface area contributed by atoms with Crippen LogP contribution in [0.25, 0.3) is 0 Å². The molecule has 0 aliphatic carbocycles. The van der Waals surface area contributed by atoms with E-state index in [1.165, 1.54) is 4.90 Å². The van der Waals surface area contributed by atoms with Crippen molar-refractivity contribution in [3.63, 3.8) is 0 Å². The molecule has 2 aliphatic heterocycles. The number of imide groups is 1. The van der Waals surface area contributed by atoms with Crippen LogP contribution >= 0.6 is 0 Å². The molecule has 2 heterocycles. The van der Waals surface area contributed by atoms with E-state index in [9.17, 15) is 9.59 Å². The Kier molecular flexibility index (Phi) is 4.12. The van der Waals surface area contributed by atoms with Gasteiger partial charge in [-0.3, -0.25) is 14.5 Å². The first kappa shape index (κ1) is 12.5. The Morgan fingerprint density at radius 1 is 1.47 bits per heavy atom. The van der Waals surface area contributed by atoms with Gasteiger partial charge in [0.2, 0.25) is 11.8 Å². The quantitative estimate of drug-likeness (QED) is 0.711. The molecular formula is C12H20N2O3. The van der Waals surface area contributed by atoms with E-state index in [-0.39, 0.29) is 17.9 Å². The summed E-state index contributed by atoms with van der Waals surface area (Å²) in [6.45, 7) is 4.68. The van der Waals surface area contributed by atoms with Crippen molar-refractivity contribution in [1.29, 1.82) is 0 Å². The van der Waals surface area contributed by atoms with E-state index in [0.717, 1.165) is 32.6 Å². The highest BCUT2D eigenvalue weighted by Crippen LogP contribution is 2.15. The first-order valence-corrected chi connectivity index (χ1v) is 6.37. The third-order valence-corrected chi connectivity index (χ3v) is 3.47. The lowest BCUT2D eigenvalue weighted by Crippen LogP contribution is -2.41. The summed E-state index contributed by atoms with van der Waals surface area (Å²) in [5.41, 5.74) is 0. The summed E-state index contributed by atoms with van der Waals surface area (Å²) in [4.78, 5) is 24.7. The lowest BCUT2D eigenvalue weighted by Gasteiger charge is -2.23. The maximum absolute atomic E-state index is 11.8. The molecule has 2 atom stereocenters. The van der Waals surface area contributed by atoms with Crippen molar-refractivity contribution in [3.8, 4) is 0 Å². The minimum absolute atomic E-state index is 0.0603. The van der Waals surface area contributed by atoms with E-state index in [1.54, 1.807) is 0 Å². The van der Waals surface area contributed by atoms with Crippen LogP contribution in [0.4, 0.5) is 0 Å². The molecule has 5 heteroatoms. The van der Waals surface area contributed by atoms with Crippen LogP contribution in [0.2, 0.25) is 0 Å². The summed E-state index contributed by atoms with van der Waals surface area (Å²) in [5.74, 6) is 0.339. The maximum atomic E-state index is 11.8. The Morgan fingerprint density at radius 3 is 2.88 bits per heavy atom. The van der Waals surface area contributed by atoms with Gasteiger partial charge < -0.3 is 10.1 Å². The molecule has 0 spiro atoms. The fraction of sp³-hybridized carbons (Fsp3) is 0.833. The lowest BCUT2D eigenvalue weighted by atomic mass is 10.0. The molecule has 0 bridgehead atoms. The number of carbonyl (C=O) groups excluding carboxylic acids is 2. The van der Waals surface area contributed by atoms with Crippen molar-refractivity contribution >= 4 is 11.8 Å². The number of nitrogens with one attached hydrogen (secondary N) is 1. The Hall–Kier alpha value is -0.940. The molecule has 17 heavy (non-hydrogen) atoms. The van der Waals surface area contributed by atoms with Gasteiger partial charge in [0.1, 0.15) is 0 Å². The number of carbonyl (C=O) groups is 2. The minimum atomic E-state index is -0.315. The van der Waals surface area contributed by atoms with Gasteiger partial charge in [-0.1, -0.05) is 0 Å². The molecule has 2 fully saturated rings. The topological polar surface area (TPSA) is 58.6 Å². The van der Waals surface area contributed by atoms with Gasteiger partial charge in [-0.05, 0) is 25.7 Å². The molecule has 5 nitrogen and oxygen atoms in total. The first-order chi connectivity index (χ1) is 8.22. The number of likely N-dealkylation sites (tertiary alicyclic amines) is 1. The summed E-state index contributed by atoms with van der Waals surface area (Å²) < 4.78 is 5.39. The molecule has 2 unspecified atom stereocenters. The van der Waals surface area contributed by atoms with Gasteiger partial charge in [0, 0.05) is 19.7 Å². The monoisotopic (exact) mass is 240 g/mol. The zero-order chi connectivity index (χ0) is 12.3. The SMILES string of the molecule is CCN1C(=O)CC(NCC2CCCOC2)C1=O. The molecule has 2 saturated heterocycles. The number of ether oxygens (including phenoxy) is 1. The van der Waals surface area contributed by atoms with Crippen LogP contribution in [-0.4, -0.2) is 49.1 Å². The highest BCUT2D eigenvalue weighted by atomic mass is 16.5. The molecule has 2 rings (SSSR count). The molecule has 0 saturated carbocycles.